The van der Waals surface area contributed by atoms with Crippen molar-refractivity contribution in [3.63, 3.8) is 0 Å². The summed E-state index contributed by atoms with van der Waals surface area (Å²) in [6.07, 6.45) is 3.06. The minimum absolute atomic E-state index is 1.01. The maximum absolute atomic E-state index is 4.53. The number of aryl methyl sites for hydroxylation is 2. The minimum atomic E-state index is 1.01. The Labute approximate surface area is 166 Å². The Morgan fingerprint density at radius 1 is 0.964 bits per heavy atom. The van der Waals surface area contributed by atoms with Crippen LogP contribution in [0.1, 0.15) is 22.5 Å². The smallest absolute Gasteiger partial charge is 0.0537 e. The standard InChI is InChI=1S/C25H25N3/c1-17-8-11-24-21(14-17)22-16-27(3)13-12-25(22)28(24)23-7-5-4-6-20(23)19-10-9-18(2)26-15-19/h4-11,14-15H,12-13,16H2,1-3H3. The van der Waals surface area contributed by atoms with E-state index in [1.807, 2.05) is 13.1 Å². The fourth-order valence-corrected chi connectivity index (χ4v) is 4.42. The summed E-state index contributed by atoms with van der Waals surface area (Å²) in [6.45, 7) is 6.32. The van der Waals surface area contributed by atoms with Crippen molar-refractivity contribution in [1.82, 2.24) is 14.5 Å². The maximum atomic E-state index is 4.53. The Bertz CT molecular complexity index is 1170. The molecular weight excluding hydrogens is 342 g/mol. The number of hydrogen-bond donors (Lipinski definition) is 0. The Morgan fingerprint density at radius 2 is 1.82 bits per heavy atom. The first-order valence-electron chi connectivity index (χ1n) is 9.95. The molecule has 0 aliphatic carbocycles. The summed E-state index contributed by atoms with van der Waals surface area (Å²) in [6, 6.07) is 19.8. The Morgan fingerprint density at radius 3 is 2.64 bits per heavy atom. The topological polar surface area (TPSA) is 21.1 Å². The molecule has 3 nitrogen and oxygen atoms in total. The van der Waals surface area contributed by atoms with Crippen LogP contribution in [0, 0.1) is 13.8 Å². The van der Waals surface area contributed by atoms with Crippen molar-refractivity contribution >= 4 is 10.9 Å². The average Bonchev–Trinajstić information content (AvgIpc) is 3.01. The van der Waals surface area contributed by atoms with Gasteiger partial charge in [-0.2, -0.15) is 0 Å². The van der Waals surface area contributed by atoms with Gasteiger partial charge in [-0.05, 0) is 50.7 Å². The van der Waals surface area contributed by atoms with Gasteiger partial charge in [-0.3, -0.25) is 4.98 Å². The highest BCUT2D eigenvalue weighted by atomic mass is 15.1. The van der Waals surface area contributed by atoms with Gasteiger partial charge in [0.15, 0.2) is 0 Å². The molecule has 0 atom stereocenters. The summed E-state index contributed by atoms with van der Waals surface area (Å²) in [5, 5.41) is 1.39. The third kappa shape index (κ3) is 2.74. The van der Waals surface area contributed by atoms with Crippen molar-refractivity contribution in [1.29, 1.82) is 0 Å². The molecule has 0 amide bonds. The number of fused-ring (bicyclic) bond motifs is 3. The first kappa shape index (κ1) is 17.2. The van der Waals surface area contributed by atoms with Crippen LogP contribution in [0.3, 0.4) is 0 Å². The highest BCUT2D eigenvalue weighted by Gasteiger charge is 2.24. The van der Waals surface area contributed by atoms with Crippen LogP contribution in [-0.4, -0.2) is 28.0 Å². The van der Waals surface area contributed by atoms with Crippen LogP contribution in [0.4, 0.5) is 0 Å². The molecule has 0 bridgehead atoms. The highest BCUT2D eigenvalue weighted by molar-refractivity contribution is 5.90. The molecule has 1 aliphatic rings. The third-order valence-corrected chi connectivity index (χ3v) is 5.86. The molecule has 0 saturated heterocycles. The number of likely N-dealkylation sites (N-methyl/N-ethyl adjacent to an activating group) is 1. The molecule has 3 heterocycles. The molecule has 0 fully saturated rings. The molecule has 0 saturated carbocycles. The second-order valence-electron chi connectivity index (χ2n) is 7.97. The lowest BCUT2D eigenvalue weighted by atomic mass is 10.0. The van der Waals surface area contributed by atoms with E-state index in [9.17, 15) is 0 Å². The van der Waals surface area contributed by atoms with Gasteiger partial charge in [0.1, 0.15) is 0 Å². The fourth-order valence-electron chi connectivity index (χ4n) is 4.42. The molecule has 0 spiro atoms. The molecule has 0 N–H and O–H groups in total. The van der Waals surface area contributed by atoms with Crippen LogP contribution in [0.5, 0.6) is 0 Å². The van der Waals surface area contributed by atoms with E-state index in [0.717, 1.165) is 30.8 Å². The summed E-state index contributed by atoms with van der Waals surface area (Å²) < 4.78 is 2.49. The number of aromatic nitrogens is 2. The summed E-state index contributed by atoms with van der Waals surface area (Å²) in [5.41, 5.74) is 10.2. The largest absolute Gasteiger partial charge is 0.313 e. The van der Waals surface area contributed by atoms with E-state index in [-0.39, 0.29) is 0 Å². The number of pyridine rings is 1. The minimum Gasteiger partial charge on any atom is -0.313 e. The van der Waals surface area contributed by atoms with Gasteiger partial charge in [0.2, 0.25) is 0 Å². The van der Waals surface area contributed by atoms with Gasteiger partial charge < -0.3 is 9.47 Å². The number of para-hydroxylation sites is 1. The number of benzene rings is 2. The van der Waals surface area contributed by atoms with E-state index in [1.165, 1.54) is 39.0 Å². The lowest BCUT2D eigenvalue weighted by Gasteiger charge is -2.25. The van der Waals surface area contributed by atoms with E-state index in [0.29, 0.717) is 0 Å². The Hall–Kier alpha value is -2.91. The van der Waals surface area contributed by atoms with Gasteiger partial charge in [0, 0.05) is 53.6 Å². The summed E-state index contributed by atoms with van der Waals surface area (Å²) in [5.74, 6) is 0. The predicted molar refractivity (Wildman–Crippen MR) is 116 cm³/mol. The van der Waals surface area contributed by atoms with E-state index in [4.69, 9.17) is 0 Å². The van der Waals surface area contributed by atoms with Crippen LogP contribution in [0.2, 0.25) is 0 Å². The van der Waals surface area contributed by atoms with Crippen LogP contribution in [0.15, 0.2) is 60.8 Å². The van der Waals surface area contributed by atoms with Crippen molar-refractivity contribution in [2.75, 3.05) is 13.6 Å². The summed E-state index contributed by atoms with van der Waals surface area (Å²) in [4.78, 5) is 6.95. The number of hydrogen-bond acceptors (Lipinski definition) is 2. The first-order valence-corrected chi connectivity index (χ1v) is 9.95. The van der Waals surface area contributed by atoms with Gasteiger partial charge >= 0.3 is 0 Å². The predicted octanol–water partition coefficient (Wildman–Crippen LogP) is 5.30. The van der Waals surface area contributed by atoms with E-state index < -0.39 is 0 Å². The van der Waals surface area contributed by atoms with Gasteiger partial charge in [-0.1, -0.05) is 35.9 Å². The number of nitrogens with zero attached hydrogens (tertiary/aromatic N) is 3. The molecule has 2 aromatic carbocycles. The second kappa shape index (κ2) is 6.61. The molecule has 2 aromatic heterocycles. The lowest BCUT2D eigenvalue weighted by molar-refractivity contribution is 0.311. The Kier molecular flexibility index (Phi) is 4.06. The maximum Gasteiger partial charge on any atom is 0.0537 e. The molecule has 5 rings (SSSR count). The summed E-state index contributed by atoms with van der Waals surface area (Å²) >= 11 is 0. The quantitative estimate of drug-likeness (QED) is 0.479. The van der Waals surface area contributed by atoms with Crippen molar-refractivity contribution in [3.05, 3.63) is 83.3 Å². The van der Waals surface area contributed by atoms with Gasteiger partial charge in [-0.15, -0.1) is 0 Å². The van der Waals surface area contributed by atoms with Crippen molar-refractivity contribution < 1.29 is 0 Å². The lowest BCUT2D eigenvalue weighted by Crippen LogP contribution is -2.27. The Balaban J connectivity index is 1.81. The normalized spacial score (nSPS) is 14.4. The monoisotopic (exact) mass is 367 g/mol. The number of rotatable bonds is 2. The molecule has 1 aliphatic heterocycles. The van der Waals surface area contributed by atoms with Crippen LogP contribution >= 0.6 is 0 Å². The van der Waals surface area contributed by atoms with Crippen LogP contribution in [0.25, 0.3) is 27.7 Å². The van der Waals surface area contributed by atoms with Gasteiger partial charge in [0.25, 0.3) is 0 Å². The van der Waals surface area contributed by atoms with Crippen LogP contribution in [-0.2, 0) is 13.0 Å². The summed E-state index contributed by atoms with van der Waals surface area (Å²) in [7, 11) is 2.22. The van der Waals surface area contributed by atoms with E-state index >= 15 is 0 Å². The van der Waals surface area contributed by atoms with Crippen molar-refractivity contribution in [2.45, 2.75) is 26.8 Å². The molecule has 140 valence electrons. The molecule has 4 aromatic rings. The molecule has 0 radical (unpaired) electrons. The molecule has 28 heavy (non-hydrogen) atoms. The SMILES string of the molecule is Cc1ccc2c(c1)c1c(n2-c2ccccc2-c2ccc(C)nc2)CCN(C)C1. The molecule has 0 unspecified atom stereocenters. The van der Waals surface area contributed by atoms with E-state index in [1.54, 1.807) is 0 Å². The third-order valence-electron chi connectivity index (χ3n) is 5.86. The van der Waals surface area contributed by atoms with Gasteiger partial charge in [0.05, 0.1) is 11.2 Å². The van der Waals surface area contributed by atoms with Gasteiger partial charge in [-0.25, -0.2) is 0 Å². The molecular formula is C25H25N3. The zero-order valence-electron chi connectivity index (χ0n) is 16.7. The zero-order valence-corrected chi connectivity index (χ0v) is 16.7. The molecule has 3 heteroatoms. The first-order chi connectivity index (χ1) is 13.6. The zero-order chi connectivity index (χ0) is 19.3. The fraction of sp³-hybridized carbons (Fsp3) is 0.240. The van der Waals surface area contributed by atoms with Crippen molar-refractivity contribution in [3.8, 4) is 16.8 Å². The van der Waals surface area contributed by atoms with E-state index in [2.05, 4.69) is 83.0 Å². The van der Waals surface area contributed by atoms with Crippen LogP contribution < -0.4 is 0 Å². The highest BCUT2D eigenvalue weighted by Crippen LogP contribution is 2.37. The average molecular weight is 367 g/mol. The second-order valence-corrected chi connectivity index (χ2v) is 7.97. The van der Waals surface area contributed by atoms with Crippen molar-refractivity contribution in [2.24, 2.45) is 0 Å².